The summed E-state index contributed by atoms with van der Waals surface area (Å²) in [5, 5.41) is 4.10. The van der Waals surface area contributed by atoms with Crippen molar-refractivity contribution in [3.8, 4) is 0 Å². The van der Waals surface area contributed by atoms with E-state index in [9.17, 15) is 0 Å². The summed E-state index contributed by atoms with van der Waals surface area (Å²) in [6.07, 6.45) is 3.24. The van der Waals surface area contributed by atoms with E-state index in [0.29, 0.717) is 17.6 Å². The summed E-state index contributed by atoms with van der Waals surface area (Å²) in [5.41, 5.74) is 6.11. The first-order chi connectivity index (χ1) is 7.93. The second-order valence-electron chi connectivity index (χ2n) is 5.93. The van der Waals surface area contributed by atoms with Crippen molar-refractivity contribution in [2.45, 2.75) is 58.4 Å². The highest BCUT2D eigenvalue weighted by molar-refractivity contribution is 5.09. The summed E-state index contributed by atoms with van der Waals surface area (Å²) in [6.45, 7) is 8.58. The highest BCUT2D eigenvalue weighted by Gasteiger charge is 2.42. The van der Waals surface area contributed by atoms with Crippen molar-refractivity contribution in [3.63, 3.8) is 0 Å². The van der Waals surface area contributed by atoms with Crippen LogP contribution in [0.4, 0.5) is 0 Å². The SMILES string of the molecule is CC1CCC(N)(c2noc(C(C)C)n2)C(C)C1. The van der Waals surface area contributed by atoms with Gasteiger partial charge in [-0.25, -0.2) is 0 Å². The maximum absolute atomic E-state index is 6.51. The topological polar surface area (TPSA) is 64.9 Å². The van der Waals surface area contributed by atoms with Gasteiger partial charge in [-0.1, -0.05) is 32.9 Å². The molecule has 4 nitrogen and oxygen atoms in total. The molecule has 0 aliphatic heterocycles. The molecule has 1 saturated carbocycles. The van der Waals surface area contributed by atoms with E-state index in [1.54, 1.807) is 0 Å². The summed E-state index contributed by atoms with van der Waals surface area (Å²) in [5.74, 6) is 2.80. The minimum absolute atomic E-state index is 0.262. The average Bonchev–Trinajstić information content (AvgIpc) is 2.74. The Labute approximate surface area is 103 Å². The third-order valence-corrected chi connectivity index (χ3v) is 4.04. The first-order valence-corrected chi connectivity index (χ1v) is 6.56. The van der Waals surface area contributed by atoms with Crippen LogP contribution in [0.3, 0.4) is 0 Å². The Morgan fingerprint density at radius 2 is 2.12 bits per heavy atom. The van der Waals surface area contributed by atoms with Gasteiger partial charge in [0.15, 0.2) is 5.82 Å². The van der Waals surface area contributed by atoms with Gasteiger partial charge < -0.3 is 10.3 Å². The van der Waals surface area contributed by atoms with Gasteiger partial charge in [-0.15, -0.1) is 0 Å². The zero-order valence-electron chi connectivity index (χ0n) is 11.2. The van der Waals surface area contributed by atoms with Crippen LogP contribution in [0.25, 0.3) is 0 Å². The molecule has 4 heteroatoms. The van der Waals surface area contributed by atoms with Crippen LogP contribution >= 0.6 is 0 Å². The number of hydrogen-bond donors (Lipinski definition) is 1. The third kappa shape index (κ3) is 2.23. The normalized spacial score (nSPS) is 34.2. The lowest BCUT2D eigenvalue weighted by Crippen LogP contribution is -2.47. The Balaban J connectivity index is 2.24. The monoisotopic (exact) mass is 237 g/mol. The Hall–Kier alpha value is -0.900. The molecule has 2 N–H and O–H groups in total. The van der Waals surface area contributed by atoms with E-state index in [2.05, 4.69) is 24.0 Å². The first-order valence-electron chi connectivity index (χ1n) is 6.56. The molecule has 0 radical (unpaired) electrons. The number of nitrogens with two attached hydrogens (primary N) is 1. The van der Waals surface area contributed by atoms with Crippen LogP contribution in [0.1, 0.15) is 64.6 Å². The molecule has 1 aliphatic carbocycles. The van der Waals surface area contributed by atoms with Crippen LogP contribution in [-0.2, 0) is 5.54 Å². The van der Waals surface area contributed by atoms with Gasteiger partial charge in [-0.05, 0) is 31.1 Å². The molecule has 3 unspecified atom stereocenters. The number of hydrogen-bond acceptors (Lipinski definition) is 4. The Kier molecular flexibility index (Phi) is 3.25. The van der Waals surface area contributed by atoms with E-state index in [1.165, 1.54) is 0 Å². The van der Waals surface area contributed by atoms with E-state index in [0.717, 1.165) is 25.2 Å². The first kappa shape index (κ1) is 12.6. The van der Waals surface area contributed by atoms with Crippen molar-refractivity contribution in [1.82, 2.24) is 10.1 Å². The number of nitrogens with zero attached hydrogens (tertiary/aromatic N) is 2. The Bertz CT molecular complexity index is 388. The van der Waals surface area contributed by atoms with E-state index < -0.39 is 5.54 Å². The van der Waals surface area contributed by atoms with Crippen LogP contribution in [0.15, 0.2) is 4.52 Å². The van der Waals surface area contributed by atoms with Crippen LogP contribution in [0.2, 0.25) is 0 Å². The lowest BCUT2D eigenvalue weighted by molar-refractivity contribution is 0.152. The fourth-order valence-corrected chi connectivity index (χ4v) is 2.65. The van der Waals surface area contributed by atoms with Crippen molar-refractivity contribution in [3.05, 3.63) is 11.7 Å². The molecule has 0 bridgehead atoms. The predicted molar refractivity (Wildman–Crippen MR) is 66.4 cm³/mol. The van der Waals surface area contributed by atoms with Gasteiger partial charge in [-0.3, -0.25) is 0 Å². The molecule has 1 aromatic heterocycles. The van der Waals surface area contributed by atoms with Gasteiger partial charge in [0.25, 0.3) is 0 Å². The third-order valence-electron chi connectivity index (χ3n) is 4.04. The van der Waals surface area contributed by atoms with E-state index in [4.69, 9.17) is 10.3 Å². The second-order valence-corrected chi connectivity index (χ2v) is 5.93. The van der Waals surface area contributed by atoms with Crippen LogP contribution in [0.5, 0.6) is 0 Å². The molecule has 0 saturated heterocycles. The number of rotatable bonds is 2. The van der Waals surface area contributed by atoms with E-state index in [-0.39, 0.29) is 5.92 Å². The molecule has 96 valence electrons. The fraction of sp³-hybridized carbons (Fsp3) is 0.846. The van der Waals surface area contributed by atoms with Gasteiger partial charge in [0.05, 0.1) is 5.54 Å². The van der Waals surface area contributed by atoms with Crippen molar-refractivity contribution >= 4 is 0 Å². The molecule has 2 rings (SSSR count). The van der Waals surface area contributed by atoms with Crippen LogP contribution in [-0.4, -0.2) is 10.1 Å². The fourth-order valence-electron chi connectivity index (χ4n) is 2.65. The van der Waals surface area contributed by atoms with Crippen molar-refractivity contribution < 1.29 is 4.52 Å². The van der Waals surface area contributed by atoms with Gasteiger partial charge in [0, 0.05) is 5.92 Å². The standard InChI is InChI=1S/C13H23N3O/c1-8(2)11-15-12(16-17-11)13(14)6-5-9(3)7-10(13)4/h8-10H,5-7,14H2,1-4H3. The van der Waals surface area contributed by atoms with Gasteiger partial charge >= 0.3 is 0 Å². The van der Waals surface area contributed by atoms with Gasteiger partial charge in [0.1, 0.15) is 0 Å². The van der Waals surface area contributed by atoms with Gasteiger partial charge in [0.2, 0.25) is 5.89 Å². The molecular formula is C13H23N3O. The Morgan fingerprint density at radius 3 is 2.65 bits per heavy atom. The minimum atomic E-state index is -0.400. The maximum atomic E-state index is 6.51. The lowest BCUT2D eigenvalue weighted by Gasteiger charge is -2.39. The summed E-state index contributed by atoms with van der Waals surface area (Å²) in [4.78, 5) is 4.48. The zero-order chi connectivity index (χ0) is 12.6. The zero-order valence-corrected chi connectivity index (χ0v) is 11.2. The lowest BCUT2D eigenvalue weighted by atomic mass is 9.70. The highest BCUT2D eigenvalue weighted by atomic mass is 16.5. The molecule has 1 aromatic rings. The molecule has 1 heterocycles. The highest BCUT2D eigenvalue weighted by Crippen LogP contribution is 2.40. The maximum Gasteiger partial charge on any atom is 0.229 e. The van der Waals surface area contributed by atoms with Crippen LogP contribution in [0, 0.1) is 11.8 Å². The molecule has 1 aliphatic rings. The predicted octanol–water partition coefficient (Wildman–Crippen LogP) is 2.80. The summed E-state index contributed by atoms with van der Waals surface area (Å²) in [6, 6.07) is 0. The Morgan fingerprint density at radius 1 is 1.41 bits per heavy atom. The molecule has 3 atom stereocenters. The molecule has 1 fully saturated rings. The molecule has 0 spiro atoms. The van der Waals surface area contributed by atoms with E-state index >= 15 is 0 Å². The summed E-state index contributed by atoms with van der Waals surface area (Å²) < 4.78 is 5.28. The molecule has 0 amide bonds. The minimum Gasteiger partial charge on any atom is -0.339 e. The number of aromatic nitrogens is 2. The summed E-state index contributed by atoms with van der Waals surface area (Å²) in [7, 11) is 0. The van der Waals surface area contributed by atoms with Crippen molar-refractivity contribution in [1.29, 1.82) is 0 Å². The average molecular weight is 237 g/mol. The molecule has 17 heavy (non-hydrogen) atoms. The smallest absolute Gasteiger partial charge is 0.229 e. The summed E-state index contributed by atoms with van der Waals surface area (Å²) >= 11 is 0. The second kappa shape index (κ2) is 4.41. The quantitative estimate of drug-likeness (QED) is 0.859. The van der Waals surface area contributed by atoms with Crippen molar-refractivity contribution in [2.75, 3.05) is 0 Å². The van der Waals surface area contributed by atoms with Gasteiger partial charge in [-0.2, -0.15) is 4.98 Å². The molecule has 0 aromatic carbocycles. The van der Waals surface area contributed by atoms with Crippen LogP contribution < -0.4 is 5.73 Å². The molecular weight excluding hydrogens is 214 g/mol. The van der Waals surface area contributed by atoms with Crippen molar-refractivity contribution in [2.24, 2.45) is 17.6 Å². The largest absolute Gasteiger partial charge is 0.339 e. The van der Waals surface area contributed by atoms with E-state index in [1.807, 2.05) is 13.8 Å².